The second-order valence-corrected chi connectivity index (χ2v) is 6.98. The minimum atomic E-state index is -0.0785. The van der Waals surface area contributed by atoms with Crippen molar-refractivity contribution in [1.82, 2.24) is 5.32 Å². The van der Waals surface area contributed by atoms with Crippen molar-refractivity contribution in [2.24, 2.45) is 23.0 Å². The number of hydrogen-bond donors (Lipinski definition) is 2. The highest BCUT2D eigenvalue weighted by Gasteiger charge is 2.40. The molecule has 0 saturated heterocycles. The molecule has 0 aliphatic heterocycles. The first kappa shape index (κ1) is 13.8. The summed E-state index contributed by atoms with van der Waals surface area (Å²) >= 11 is 5.07. The van der Waals surface area contributed by atoms with Crippen molar-refractivity contribution < 1.29 is 4.79 Å². The molecule has 2 saturated carbocycles. The number of rotatable bonds is 4. The molecule has 2 fully saturated rings. The summed E-state index contributed by atoms with van der Waals surface area (Å²) in [6, 6.07) is -0.0785. The molecule has 0 aromatic rings. The van der Waals surface area contributed by atoms with Gasteiger partial charge in [-0.3, -0.25) is 4.79 Å². The zero-order valence-electron chi connectivity index (χ0n) is 11.4. The van der Waals surface area contributed by atoms with Gasteiger partial charge in [0, 0.05) is 5.92 Å². The predicted octanol–water partition coefficient (Wildman–Crippen LogP) is 2.38. The molecule has 4 heteroatoms. The Balaban J connectivity index is 1.99. The molecule has 0 aromatic heterocycles. The molecule has 0 aromatic carbocycles. The Morgan fingerprint density at radius 2 is 2.00 bits per heavy atom. The molecule has 2 aliphatic rings. The largest absolute Gasteiger partial charge is 0.392 e. The van der Waals surface area contributed by atoms with Crippen LogP contribution in [0.4, 0.5) is 0 Å². The molecule has 2 atom stereocenters. The van der Waals surface area contributed by atoms with E-state index in [-0.39, 0.29) is 23.3 Å². The van der Waals surface area contributed by atoms with E-state index in [0.717, 1.165) is 32.1 Å². The lowest BCUT2D eigenvalue weighted by Gasteiger charge is -2.38. The Labute approximate surface area is 115 Å². The quantitative estimate of drug-likeness (QED) is 0.770. The third kappa shape index (κ3) is 3.02. The van der Waals surface area contributed by atoms with Gasteiger partial charge in [0.2, 0.25) is 5.91 Å². The van der Waals surface area contributed by atoms with Crippen molar-refractivity contribution in [2.75, 3.05) is 0 Å². The first-order chi connectivity index (χ1) is 8.42. The monoisotopic (exact) mass is 268 g/mol. The molecule has 0 radical (unpaired) electrons. The summed E-state index contributed by atoms with van der Waals surface area (Å²) in [4.78, 5) is 12.9. The molecule has 3 N–H and O–H groups in total. The summed E-state index contributed by atoms with van der Waals surface area (Å²) in [6.07, 6.45) is 6.79. The Morgan fingerprint density at radius 1 is 1.33 bits per heavy atom. The maximum Gasteiger partial charge on any atom is 0.224 e. The number of hydrogen-bond acceptors (Lipinski definition) is 2. The van der Waals surface area contributed by atoms with Crippen LogP contribution in [0, 0.1) is 17.3 Å². The Hall–Kier alpha value is -0.640. The van der Waals surface area contributed by atoms with E-state index >= 15 is 0 Å². The smallest absolute Gasteiger partial charge is 0.224 e. The number of thiocarbonyl (C=S) groups is 1. The van der Waals surface area contributed by atoms with E-state index in [4.69, 9.17) is 18.0 Å². The van der Waals surface area contributed by atoms with Gasteiger partial charge in [0.1, 0.15) is 0 Å². The van der Waals surface area contributed by atoms with Gasteiger partial charge in [0.25, 0.3) is 0 Å². The maximum atomic E-state index is 12.4. The Kier molecular flexibility index (Phi) is 3.95. The fraction of sp³-hybridized carbons (Fsp3) is 0.857. The zero-order valence-corrected chi connectivity index (χ0v) is 12.2. The minimum Gasteiger partial charge on any atom is -0.392 e. The SMILES string of the molecule is CC1(C)CCCCC1C(=O)NC(C(N)=S)C1CC1. The summed E-state index contributed by atoms with van der Waals surface area (Å²) in [7, 11) is 0. The summed E-state index contributed by atoms with van der Waals surface area (Å²) in [6.45, 7) is 4.40. The van der Waals surface area contributed by atoms with Gasteiger partial charge in [-0.1, -0.05) is 38.9 Å². The highest BCUT2D eigenvalue weighted by Crippen LogP contribution is 2.41. The molecular formula is C14H24N2OS. The van der Waals surface area contributed by atoms with Crippen LogP contribution in [0.5, 0.6) is 0 Å². The molecule has 0 heterocycles. The second kappa shape index (κ2) is 5.16. The van der Waals surface area contributed by atoms with Crippen molar-refractivity contribution in [3.8, 4) is 0 Å². The van der Waals surface area contributed by atoms with E-state index in [1.54, 1.807) is 0 Å². The summed E-state index contributed by atoms with van der Waals surface area (Å²) in [5.41, 5.74) is 5.84. The topological polar surface area (TPSA) is 55.1 Å². The average molecular weight is 268 g/mol. The van der Waals surface area contributed by atoms with Crippen LogP contribution in [-0.2, 0) is 4.79 Å². The molecule has 0 spiro atoms. The van der Waals surface area contributed by atoms with E-state index in [1.807, 2.05) is 0 Å². The molecule has 2 rings (SSSR count). The molecule has 3 nitrogen and oxygen atoms in total. The minimum absolute atomic E-state index is 0.0785. The Bertz CT molecular complexity index is 350. The van der Waals surface area contributed by atoms with Crippen molar-refractivity contribution in [2.45, 2.75) is 58.4 Å². The van der Waals surface area contributed by atoms with E-state index in [9.17, 15) is 4.79 Å². The van der Waals surface area contributed by atoms with Gasteiger partial charge >= 0.3 is 0 Å². The third-order valence-electron chi connectivity index (χ3n) is 4.52. The van der Waals surface area contributed by atoms with Crippen LogP contribution < -0.4 is 11.1 Å². The van der Waals surface area contributed by atoms with E-state index < -0.39 is 0 Å². The predicted molar refractivity (Wildman–Crippen MR) is 77.2 cm³/mol. The van der Waals surface area contributed by atoms with Gasteiger partial charge < -0.3 is 11.1 Å². The fourth-order valence-electron chi connectivity index (χ4n) is 3.08. The lowest BCUT2D eigenvalue weighted by atomic mass is 9.68. The highest BCUT2D eigenvalue weighted by atomic mass is 32.1. The van der Waals surface area contributed by atoms with E-state index in [2.05, 4.69) is 19.2 Å². The van der Waals surface area contributed by atoms with Crippen LogP contribution in [0.1, 0.15) is 52.4 Å². The Morgan fingerprint density at radius 3 is 2.50 bits per heavy atom. The van der Waals surface area contributed by atoms with E-state index in [0.29, 0.717) is 10.9 Å². The van der Waals surface area contributed by atoms with Crippen LogP contribution in [-0.4, -0.2) is 16.9 Å². The molecule has 2 unspecified atom stereocenters. The van der Waals surface area contributed by atoms with Crippen LogP contribution in [0.2, 0.25) is 0 Å². The molecule has 2 aliphatic carbocycles. The van der Waals surface area contributed by atoms with Crippen LogP contribution in [0.3, 0.4) is 0 Å². The fourth-order valence-corrected chi connectivity index (χ4v) is 3.34. The molecule has 1 amide bonds. The van der Waals surface area contributed by atoms with Gasteiger partial charge in [0.15, 0.2) is 0 Å². The summed E-state index contributed by atoms with van der Waals surface area (Å²) in [5.74, 6) is 0.754. The van der Waals surface area contributed by atoms with Crippen LogP contribution in [0.25, 0.3) is 0 Å². The zero-order chi connectivity index (χ0) is 13.3. The van der Waals surface area contributed by atoms with Crippen molar-refractivity contribution in [3.05, 3.63) is 0 Å². The first-order valence-corrected chi connectivity index (χ1v) is 7.42. The normalized spacial score (nSPS) is 28.4. The standard InChI is InChI=1S/C14H24N2OS/c1-14(2)8-4-3-5-10(14)13(17)16-11(12(15)18)9-6-7-9/h9-11H,3-8H2,1-2H3,(H2,15,18)(H,16,17). The van der Waals surface area contributed by atoms with Gasteiger partial charge in [-0.25, -0.2) is 0 Å². The van der Waals surface area contributed by atoms with Crippen LogP contribution in [0.15, 0.2) is 0 Å². The number of carbonyl (C=O) groups is 1. The second-order valence-electron chi connectivity index (χ2n) is 6.51. The van der Waals surface area contributed by atoms with E-state index in [1.165, 1.54) is 6.42 Å². The van der Waals surface area contributed by atoms with Crippen molar-refractivity contribution >= 4 is 23.1 Å². The lowest BCUT2D eigenvalue weighted by Crippen LogP contribution is -2.50. The van der Waals surface area contributed by atoms with Gasteiger partial charge in [-0.15, -0.1) is 0 Å². The number of nitrogens with two attached hydrogens (primary N) is 1. The summed E-state index contributed by atoms with van der Waals surface area (Å²) in [5, 5.41) is 3.10. The molecule has 0 bridgehead atoms. The lowest BCUT2D eigenvalue weighted by molar-refractivity contribution is -0.130. The third-order valence-corrected chi connectivity index (χ3v) is 4.78. The molecule has 18 heavy (non-hydrogen) atoms. The van der Waals surface area contributed by atoms with Gasteiger partial charge in [-0.05, 0) is 37.0 Å². The molecule has 102 valence electrons. The summed E-state index contributed by atoms with van der Waals surface area (Å²) < 4.78 is 0. The van der Waals surface area contributed by atoms with Crippen molar-refractivity contribution in [3.63, 3.8) is 0 Å². The highest BCUT2D eigenvalue weighted by molar-refractivity contribution is 7.80. The van der Waals surface area contributed by atoms with Gasteiger partial charge in [-0.2, -0.15) is 0 Å². The number of amides is 1. The van der Waals surface area contributed by atoms with Crippen molar-refractivity contribution in [1.29, 1.82) is 0 Å². The maximum absolute atomic E-state index is 12.4. The molecular weight excluding hydrogens is 244 g/mol. The average Bonchev–Trinajstić information content (AvgIpc) is 3.08. The number of nitrogens with one attached hydrogen (secondary N) is 1. The van der Waals surface area contributed by atoms with Crippen LogP contribution >= 0.6 is 12.2 Å². The van der Waals surface area contributed by atoms with Gasteiger partial charge in [0.05, 0.1) is 11.0 Å². The first-order valence-electron chi connectivity index (χ1n) is 7.01. The number of carbonyl (C=O) groups excluding carboxylic acids is 1.